The third kappa shape index (κ3) is 5.10. The molecule has 1 saturated heterocycles. The zero-order valence-corrected chi connectivity index (χ0v) is 19.2. The molecule has 1 aromatic heterocycles. The number of aromatic amines is 1. The van der Waals surface area contributed by atoms with Crippen LogP contribution in [0, 0.1) is 5.92 Å². The summed E-state index contributed by atoms with van der Waals surface area (Å²) in [7, 11) is 3.74. The van der Waals surface area contributed by atoms with E-state index in [2.05, 4.69) is 23.0 Å². The van der Waals surface area contributed by atoms with Crippen LogP contribution in [0.15, 0.2) is 36.4 Å². The highest BCUT2D eigenvalue weighted by Gasteiger charge is 2.24. The van der Waals surface area contributed by atoms with E-state index in [0.717, 1.165) is 84.5 Å². The fourth-order valence-electron chi connectivity index (χ4n) is 4.46. The number of carbonyl (C=O) groups is 2. The van der Waals surface area contributed by atoms with E-state index in [1.807, 2.05) is 30.3 Å². The Morgan fingerprint density at radius 2 is 1.91 bits per heavy atom. The fraction of sp³-hybridized carbons (Fsp3) is 0.385. The van der Waals surface area contributed by atoms with Crippen LogP contribution < -0.4 is 10.5 Å². The molecule has 1 fully saturated rings. The molecule has 1 atom stereocenters. The number of rotatable bonds is 4. The van der Waals surface area contributed by atoms with E-state index >= 15 is 0 Å². The van der Waals surface area contributed by atoms with E-state index in [-0.39, 0.29) is 5.92 Å². The minimum Gasteiger partial charge on any atom is -0.497 e. The summed E-state index contributed by atoms with van der Waals surface area (Å²) < 4.78 is 10.3. The standard InChI is InChI=1S/C21H20N2O3.C5H11NO/c1-26-15-5-3-13(4-6-15)14-9-17-16-8-12(11-24)2-7-19(16)23-20(17)18(10-14)21(22)25;1-6-2-4-7-5-3-6/h3-6,9-12,23H,2,7-8H2,1H3,(H2,22,25);2-5H2,1H3. The van der Waals surface area contributed by atoms with Crippen molar-refractivity contribution in [3.05, 3.63) is 53.2 Å². The summed E-state index contributed by atoms with van der Waals surface area (Å²) in [5.41, 5.74) is 11.0. The second-order valence-corrected chi connectivity index (χ2v) is 8.68. The van der Waals surface area contributed by atoms with E-state index < -0.39 is 5.91 Å². The molecule has 0 saturated carbocycles. The van der Waals surface area contributed by atoms with Gasteiger partial charge in [0.05, 0.1) is 31.4 Å². The first-order valence-corrected chi connectivity index (χ1v) is 11.3. The largest absolute Gasteiger partial charge is 0.497 e. The minimum atomic E-state index is -0.462. The van der Waals surface area contributed by atoms with Crippen LogP contribution in [-0.4, -0.2) is 62.5 Å². The van der Waals surface area contributed by atoms with E-state index in [9.17, 15) is 9.59 Å². The predicted molar refractivity (Wildman–Crippen MR) is 129 cm³/mol. The van der Waals surface area contributed by atoms with E-state index in [1.165, 1.54) is 0 Å². The van der Waals surface area contributed by atoms with Crippen LogP contribution in [0.1, 0.15) is 28.0 Å². The lowest BCUT2D eigenvalue weighted by Crippen LogP contribution is -2.32. The van der Waals surface area contributed by atoms with Crippen LogP contribution in [0.5, 0.6) is 5.75 Å². The van der Waals surface area contributed by atoms with Crippen LogP contribution in [0.25, 0.3) is 22.0 Å². The van der Waals surface area contributed by atoms with Crippen LogP contribution in [0.3, 0.4) is 0 Å². The molecular formula is C26H31N3O4. The SMILES string of the molecule is CN1CCOCC1.COc1ccc(-c2cc(C(N)=O)c3[nH]c4c(c3c2)CC(C=O)CC4)cc1. The number of primary amides is 1. The molecule has 1 amide bonds. The summed E-state index contributed by atoms with van der Waals surface area (Å²) in [5, 5.41) is 0.980. The van der Waals surface area contributed by atoms with Crippen molar-refractivity contribution >= 4 is 23.1 Å². The number of aromatic nitrogens is 1. The molecule has 33 heavy (non-hydrogen) atoms. The van der Waals surface area contributed by atoms with E-state index in [4.69, 9.17) is 15.2 Å². The lowest BCUT2D eigenvalue weighted by molar-refractivity contribution is -0.111. The lowest BCUT2D eigenvalue weighted by Gasteiger charge is -2.21. The number of nitrogens with one attached hydrogen (secondary N) is 1. The number of methoxy groups -OCH3 is 1. The Balaban J connectivity index is 0.000000318. The van der Waals surface area contributed by atoms with Gasteiger partial charge in [-0.3, -0.25) is 4.79 Å². The third-order valence-electron chi connectivity index (χ3n) is 6.45. The van der Waals surface area contributed by atoms with Gasteiger partial charge in [0.2, 0.25) is 0 Å². The maximum absolute atomic E-state index is 12.1. The number of aryl methyl sites for hydroxylation is 1. The van der Waals surface area contributed by atoms with Crippen molar-refractivity contribution < 1.29 is 19.1 Å². The number of aldehydes is 1. The Bertz CT molecular complexity index is 1130. The molecule has 174 valence electrons. The molecule has 5 rings (SSSR count). The summed E-state index contributed by atoms with van der Waals surface area (Å²) >= 11 is 0. The summed E-state index contributed by atoms with van der Waals surface area (Å²) in [6, 6.07) is 11.6. The highest BCUT2D eigenvalue weighted by Crippen LogP contribution is 2.36. The molecular weight excluding hydrogens is 418 g/mol. The quantitative estimate of drug-likeness (QED) is 0.596. The summed E-state index contributed by atoms with van der Waals surface area (Å²) in [4.78, 5) is 29.0. The van der Waals surface area contributed by atoms with Crippen LogP contribution in [0.4, 0.5) is 0 Å². The second kappa shape index (κ2) is 10.2. The number of carbonyl (C=O) groups excluding carboxylic acids is 2. The predicted octanol–water partition coefficient (Wildman–Crippen LogP) is 3.19. The molecule has 2 aromatic carbocycles. The average Bonchev–Trinajstić information content (AvgIpc) is 3.22. The molecule has 2 heterocycles. The van der Waals surface area contributed by atoms with Gasteiger partial charge in [-0.2, -0.15) is 0 Å². The van der Waals surface area contributed by atoms with Gasteiger partial charge in [0.15, 0.2) is 0 Å². The van der Waals surface area contributed by atoms with Gasteiger partial charge >= 0.3 is 0 Å². The zero-order chi connectivity index (χ0) is 23.4. The maximum atomic E-state index is 12.1. The number of ether oxygens (including phenoxy) is 2. The van der Waals surface area contributed by atoms with Crippen molar-refractivity contribution in [2.24, 2.45) is 11.7 Å². The number of morpholine rings is 1. The van der Waals surface area contributed by atoms with Crippen LogP contribution >= 0.6 is 0 Å². The topological polar surface area (TPSA) is 97.6 Å². The van der Waals surface area contributed by atoms with Crippen molar-refractivity contribution in [1.29, 1.82) is 0 Å². The van der Waals surface area contributed by atoms with Gasteiger partial charge in [-0.1, -0.05) is 12.1 Å². The minimum absolute atomic E-state index is 0.0307. The van der Waals surface area contributed by atoms with Gasteiger partial charge in [-0.05, 0) is 67.3 Å². The van der Waals surface area contributed by atoms with E-state index in [0.29, 0.717) is 12.0 Å². The highest BCUT2D eigenvalue weighted by atomic mass is 16.5. The number of likely N-dealkylation sites (N-methyl/N-ethyl adjacent to an activating group) is 1. The normalized spacial score (nSPS) is 18.2. The van der Waals surface area contributed by atoms with E-state index in [1.54, 1.807) is 7.11 Å². The van der Waals surface area contributed by atoms with Crippen molar-refractivity contribution in [2.75, 3.05) is 40.5 Å². The monoisotopic (exact) mass is 449 g/mol. The number of hydrogen-bond donors (Lipinski definition) is 2. The highest BCUT2D eigenvalue weighted by molar-refractivity contribution is 6.08. The maximum Gasteiger partial charge on any atom is 0.250 e. The van der Waals surface area contributed by atoms with Gasteiger partial charge in [-0.25, -0.2) is 0 Å². The molecule has 1 aliphatic heterocycles. The number of nitrogens with two attached hydrogens (primary N) is 1. The Morgan fingerprint density at radius 3 is 2.48 bits per heavy atom. The Labute approximate surface area is 193 Å². The number of fused-ring (bicyclic) bond motifs is 3. The average molecular weight is 450 g/mol. The number of nitrogens with zero attached hydrogens (tertiary/aromatic N) is 1. The molecule has 3 aromatic rings. The van der Waals surface area contributed by atoms with Crippen molar-refractivity contribution in [2.45, 2.75) is 19.3 Å². The smallest absolute Gasteiger partial charge is 0.250 e. The van der Waals surface area contributed by atoms with Crippen molar-refractivity contribution in [3.63, 3.8) is 0 Å². The molecule has 1 aliphatic carbocycles. The third-order valence-corrected chi connectivity index (χ3v) is 6.45. The summed E-state index contributed by atoms with van der Waals surface area (Å²) in [6.45, 7) is 4.02. The number of hydrogen-bond acceptors (Lipinski definition) is 5. The first-order chi connectivity index (χ1) is 16.0. The van der Waals surface area contributed by atoms with Crippen molar-refractivity contribution in [1.82, 2.24) is 9.88 Å². The van der Waals surface area contributed by atoms with Gasteiger partial charge in [0, 0.05) is 30.1 Å². The number of H-pyrrole nitrogens is 1. The fourth-order valence-corrected chi connectivity index (χ4v) is 4.46. The van der Waals surface area contributed by atoms with Gasteiger partial charge in [-0.15, -0.1) is 0 Å². The molecule has 0 spiro atoms. The van der Waals surface area contributed by atoms with Gasteiger partial charge in [0.25, 0.3) is 5.91 Å². The van der Waals surface area contributed by atoms with Gasteiger partial charge < -0.3 is 29.9 Å². The van der Waals surface area contributed by atoms with Gasteiger partial charge in [0.1, 0.15) is 12.0 Å². The number of benzene rings is 2. The molecule has 1 unspecified atom stereocenters. The molecule has 7 heteroatoms. The first-order valence-electron chi connectivity index (χ1n) is 11.3. The Kier molecular flexibility index (Phi) is 7.11. The lowest BCUT2D eigenvalue weighted by atomic mass is 9.86. The Morgan fingerprint density at radius 1 is 1.18 bits per heavy atom. The molecule has 7 nitrogen and oxygen atoms in total. The second-order valence-electron chi connectivity index (χ2n) is 8.68. The molecule has 0 bridgehead atoms. The molecule has 0 radical (unpaired) electrons. The first kappa shape index (κ1) is 23.0. The van der Waals surface area contributed by atoms with Crippen LogP contribution in [0.2, 0.25) is 0 Å². The van der Waals surface area contributed by atoms with Crippen molar-refractivity contribution in [3.8, 4) is 16.9 Å². The molecule has 3 N–H and O–H groups in total. The number of amides is 1. The Hall–Kier alpha value is -3.16. The zero-order valence-electron chi connectivity index (χ0n) is 19.2. The van der Waals surface area contributed by atoms with Crippen LogP contribution in [-0.2, 0) is 22.4 Å². The summed E-state index contributed by atoms with van der Waals surface area (Å²) in [5.74, 6) is 0.344. The summed E-state index contributed by atoms with van der Waals surface area (Å²) in [6.07, 6.45) is 3.37. The molecule has 2 aliphatic rings.